The minimum Gasteiger partial charge on any atom is -0.399 e. The van der Waals surface area contributed by atoms with Crippen molar-refractivity contribution < 1.29 is 4.79 Å². The zero-order chi connectivity index (χ0) is 15.4. The Morgan fingerprint density at radius 1 is 1.10 bits per heavy atom. The molecule has 0 radical (unpaired) electrons. The van der Waals surface area contributed by atoms with Crippen molar-refractivity contribution in [2.45, 2.75) is 20.8 Å². The highest BCUT2D eigenvalue weighted by molar-refractivity contribution is 6.01. The van der Waals surface area contributed by atoms with E-state index in [-0.39, 0.29) is 5.91 Å². The molecule has 4 nitrogen and oxygen atoms in total. The third-order valence-corrected chi connectivity index (χ3v) is 3.27. The minimum absolute atomic E-state index is 0.251. The summed E-state index contributed by atoms with van der Waals surface area (Å²) in [5, 5.41) is 4.17. The van der Waals surface area contributed by atoms with Crippen molar-refractivity contribution in [3.05, 3.63) is 64.7 Å². The molecular weight excluding hydrogens is 262 g/mol. The molecule has 0 saturated carbocycles. The number of nitrogens with one attached hydrogen (secondary N) is 1. The molecule has 0 aliphatic rings. The molecule has 21 heavy (non-hydrogen) atoms. The summed E-state index contributed by atoms with van der Waals surface area (Å²) in [7, 11) is 0. The lowest BCUT2D eigenvalue weighted by Gasteiger charge is -2.07. The maximum Gasteiger partial charge on any atom is 0.271 e. The monoisotopic (exact) mass is 281 g/mol. The van der Waals surface area contributed by atoms with E-state index < -0.39 is 0 Å². The number of nitrogen functional groups attached to an aromatic ring is 1. The number of carbonyl (C=O) groups is 1. The molecule has 0 spiro atoms. The molecule has 108 valence electrons. The number of amides is 1. The summed E-state index contributed by atoms with van der Waals surface area (Å²) in [5.74, 6) is -0.251. The lowest BCUT2D eigenvalue weighted by molar-refractivity contribution is 0.0955. The number of aryl methyl sites for hydroxylation is 2. The minimum atomic E-state index is -0.251. The molecule has 0 saturated heterocycles. The van der Waals surface area contributed by atoms with Crippen LogP contribution >= 0.6 is 0 Å². The molecule has 0 atom stereocenters. The lowest BCUT2D eigenvalue weighted by atomic mass is 10.0. The average molecular weight is 281 g/mol. The molecule has 0 fully saturated rings. The Bertz CT molecular complexity index is 688. The zero-order valence-corrected chi connectivity index (χ0v) is 12.5. The van der Waals surface area contributed by atoms with E-state index in [0.717, 1.165) is 16.8 Å². The number of nitrogens with two attached hydrogens (primary N) is 1. The van der Waals surface area contributed by atoms with Crippen LogP contribution in [0, 0.1) is 13.8 Å². The molecule has 2 aromatic carbocycles. The third-order valence-electron chi connectivity index (χ3n) is 3.27. The van der Waals surface area contributed by atoms with E-state index in [1.807, 2.05) is 32.9 Å². The van der Waals surface area contributed by atoms with Crippen molar-refractivity contribution in [1.29, 1.82) is 0 Å². The summed E-state index contributed by atoms with van der Waals surface area (Å²) in [6.45, 7) is 5.95. The number of carbonyl (C=O) groups excluding carboxylic acids is 1. The van der Waals surface area contributed by atoms with Gasteiger partial charge in [-0.15, -0.1) is 0 Å². The molecule has 0 aliphatic carbocycles. The van der Waals surface area contributed by atoms with Gasteiger partial charge in [0.15, 0.2) is 0 Å². The number of hydrogen-bond donors (Lipinski definition) is 2. The summed E-state index contributed by atoms with van der Waals surface area (Å²) in [5.41, 5.74) is 13.5. The van der Waals surface area contributed by atoms with Gasteiger partial charge in [0.1, 0.15) is 0 Å². The molecular formula is C17H19N3O. The normalized spacial score (nSPS) is 11.3. The first kappa shape index (κ1) is 14.8. The summed E-state index contributed by atoms with van der Waals surface area (Å²) < 4.78 is 0. The lowest BCUT2D eigenvalue weighted by Crippen LogP contribution is -2.19. The largest absolute Gasteiger partial charge is 0.399 e. The Labute approximate surface area is 124 Å². The molecule has 3 N–H and O–H groups in total. The van der Waals surface area contributed by atoms with Gasteiger partial charge >= 0.3 is 0 Å². The van der Waals surface area contributed by atoms with E-state index >= 15 is 0 Å². The van der Waals surface area contributed by atoms with Crippen LogP contribution in [0.5, 0.6) is 0 Å². The van der Waals surface area contributed by atoms with Gasteiger partial charge in [-0.2, -0.15) is 5.10 Å². The van der Waals surface area contributed by atoms with Gasteiger partial charge < -0.3 is 5.73 Å². The van der Waals surface area contributed by atoms with Gasteiger partial charge in [0.25, 0.3) is 5.91 Å². The van der Waals surface area contributed by atoms with Crippen LogP contribution in [-0.2, 0) is 0 Å². The first-order valence-corrected chi connectivity index (χ1v) is 6.75. The SMILES string of the molecule is C/C(=N/NC(=O)c1ccc(N)cc1)c1ccc(C)cc1C. The highest BCUT2D eigenvalue weighted by atomic mass is 16.2. The highest BCUT2D eigenvalue weighted by Gasteiger charge is 2.06. The summed E-state index contributed by atoms with van der Waals surface area (Å²) in [6, 6.07) is 12.9. The second kappa shape index (κ2) is 6.22. The standard InChI is InChI=1S/C17H19N3O/c1-11-4-9-16(12(2)10-11)13(3)19-20-17(21)14-5-7-15(18)8-6-14/h4-10H,18H2,1-3H3,(H,20,21)/b19-13-. The van der Waals surface area contributed by atoms with E-state index in [4.69, 9.17) is 5.73 Å². The Balaban J connectivity index is 2.12. The number of anilines is 1. The first-order valence-electron chi connectivity index (χ1n) is 6.75. The quantitative estimate of drug-likeness (QED) is 0.516. The van der Waals surface area contributed by atoms with E-state index in [0.29, 0.717) is 11.3 Å². The molecule has 2 rings (SSSR count). The smallest absolute Gasteiger partial charge is 0.271 e. The van der Waals surface area contributed by atoms with E-state index in [1.165, 1.54) is 5.56 Å². The van der Waals surface area contributed by atoms with Gasteiger partial charge in [-0.05, 0) is 50.6 Å². The highest BCUT2D eigenvalue weighted by Crippen LogP contribution is 2.11. The van der Waals surface area contributed by atoms with Crippen molar-refractivity contribution >= 4 is 17.3 Å². The van der Waals surface area contributed by atoms with Gasteiger partial charge in [0.2, 0.25) is 0 Å². The molecule has 0 aliphatic heterocycles. The van der Waals surface area contributed by atoms with Gasteiger partial charge in [0, 0.05) is 16.8 Å². The van der Waals surface area contributed by atoms with Crippen molar-refractivity contribution in [2.75, 3.05) is 5.73 Å². The molecule has 2 aromatic rings. The number of nitrogens with zero attached hydrogens (tertiary/aromatic N) is 1. The van der Waals surface area contributed by atoms with Crippen molar-refractivity contribution in [2.24, 2.45) is 5.10 Å². The van der Waals surface area contributed by atoms with Crippen LogP contribution < -0.4 is 11.2 Å². The predicted octanol–water partition coefficient (Wildman–Crippen LogP) is 3.04. The molecule has 0 heterocycles. The number of hydrogen-bond acceptors (Lipinski definition) is 3. The van der Waals surface area contributed by atoms with Gasteiger partial charge in [-0.3, -0.25) is 4.79 Å². The van der Waals surface area contributed by atoms with Crippen LogP contribution in [0.1, 0.15) is 34.0 Å². The van der Waals surface area contributed by atoms with E-state index in [2.05, 4.69) is 16.6 Å². The number of benzene rings is 2. The predicted molar refractivity (Wildman–Crippen MR) is 86.4 cm³/mol. The average Bonchev–Trinajstić information content (AvgIpc) is 2.45. The Morgan fingerprint density at radius 3 is 2.38 bits per heavy atom. The van der Waals surface area contributed by atoms with Crippen LogP contribution in [0.15, 0.2) is 47.6 Å². The number of hydrazone groups is 1. The van der Waals surface area contributed by atoms with Crippen LogP contribution in [0.4, 0.5) is 5.69 Å². The van der Waals surface area contributed by atoms with Crippen molar-refractivity contribution in [1.82, 2.24) is 5.43 Å². The van der Waals surface area contributed by atoms with Gasteiger partial charge in [-0.1, -0.05) is 23.8 Å². The van der Waals surface area contributed by atoms with Crippen LogP contribution in [0.25, 0.3) is 0 Å². The maximum absolute atomic E-state index is 12.0. The second-order valence-corrected chi connectivity index (χ2v) is 5.08. The topological polar surface area (TPSA) is 67.5 Å². The Hall–Kier alpha value is -2.62. The number of rotatable bonds is 3. The first-order chi connectivity index (χ1) is 9.97. The van der Waals surface area contributed by atoms with Crippen LogP contribution in [0.3, 0.4) is 0 Å². The van der Waals surface area contributed by atoms with Crippen molar-refractivity contribution in [3.8, 4) is 0 Å². The van der Waals surface area contributed by atoms with E-state index in [9.17, 15) is 4.79 Å². The Kier molecular flexibility index (Phi) is 4.38. The fourth-order valence-electron chi connectivity index (χ4n) is 2.11. The zero-order valence-electron chi connectivity index (χ0n) is 12.5. The van der Waals surface area contributed by atoms with Crippen LogP contribution in [-0.4, -0.2) is 11.6 Å². The fourth-order valence-corrected chi connectivity index (χ4v) is 2.11. The second-order valence-electron chi connectivity index (χ2n) is 5.08. The summed E-state index contributed by atoms with van der Waals surface area (Å²) in [4.78, 5) is 12.0. The van der Waals surface area contributed by atoms with Gasteiger partial charge in [0.05, 0.1) is 5.71 Å². The summed E-state index contributed by atoms with van der Waals surface area (Å²) >= 11 is 0. The Morgan fingerprint density at radius 2 is 1.76 bits per heavy atom. The molecule has 0 aromatic heterocycles. The third kappa shape index (κ3) is 3.69. The van der Waals surface area contributed by atoms with Crippen molar-refractivity contribution in [3.63, 3.8) is 0 Å². The molecule has 0 unspecified atom stereocenters. The molecule has 1 amide bonds. The van der Waals surface area contributed by atoms with Gasteiger partial charge in [-0.25, -0.2) is 5.43 Å². The maximum atomic E-state index is 12.0. The van der Waals surface area contributed by atoms with E-state index in [1.54, 1.807) is 24.3 Å². The summed E-state index contributed by atoms with van der Waals surface area (Å²) in [6.07, 6.45) is 0. The van der Waals surface area contributed by atoms with Crippen LogP contribution in [0.2, 0.25) is 0 Å². The molecule has 0 bridgehead atoms. The molecule has 4 heteroatoms. The fraction of sp³-hybridized carbons (Fsp3) is 0.176.